The summed E-state index contributed by atoms with van der Waals surface area (Å²) in [5, 5.41) is 3.35. The summed E-state index contributed by atoms with van der Waals surface area (Å²) < 4.78 is 54.3. The summed E-state index contributed by atoms with van der Waals surface area (Å²) in [5.41, 5.74) is 4.97. The number of nitrogens with one attached hydrogen (secondary N) is 1. The Morgan fingerprint density at radius 2 is 1.76 bits per heavy atom. The Labute approximate surface area is 173 Å². The first kappa shape index (κ1) is 21.7. The van der Waals surface area contributed by atoms with Crippen LogP contribution in [0.2, 0.25) is 5.02 Å². The van der Waals surface area contributed by atoms with Gasteiger partial charge in [-0.25, -0.2) is 17.2 Å². The van der Waals surface area contributed by atoms with Gasteiger partial charge in [-0.15, -0.1) is 0 Å². The largest absolute Gasteiger partial charge is 0.369 e. The Kier molecular flexibility index (Phi) is 6.26. The highest BCUT2D eigenvalue weighted by Gasteiger charge is 2.50. The zero-order valence-electron chi connectivity index (χ0n) is 15.5. The molecule has 0 unspecified atom stereocenters. The molecular formula is C20H21ClF2N2O3S. The Morgan fingerprint density at radius 3 is 2.34 bits per heavy atom. The van der Waals surface area contributed by atoms with E-state index in [1.54, 1.807) is 0 Å². The van der Waals surface area contributed by atoms with Gasteiger partial charge in [0.1, 0.15) is 16.4 Å². The number of amides is 1. The monoisotopic (exact) mass is 442 g/mol. The average molecular weight is 443 g/mol. The number of rotatable bonds is 6. The van der Waals surface area contributed by atoms with E-state index in [0.29, 0.717) is 17.9 Å². The lowest BCUT2D eigenvalue weighted by Crippen LogP contribution is -2.46. The van der Waals surface area contributed by atoms with Crippen molar-refractivity contribution in [1.82, 2.24) is 5.32 Å². The molecule has 0 atom stereocenters. The number of primary amides is 1. The van der Waals surface area contributed by atoms with E-state index < -0.39 is 32.1 Å². The van der Waals surface area contributed by atoms with Crippen molar-refractivity contribution in [1.29, 1.82) is 0 Å². The number of benzene rings is 2. The van der Waals surface area contributed by atoms with Crippen LogP contribution in [0.15, 0.2) is 47.4 Å². The first-order chi connectivity index (χ1) is 13.7. The zero-order valence-corrected chi connectivity index (χ0v) is 17.1. The van der Waals surface area contributed by atoms with Gasteiger partial charge in [-0.3, -0.25) is 4.79 Å². The highest BCUT2D eigenvalue weighted by Crippen LogP contribution is 2.48. The zero-order chi connectivity index (χ0) is 21.2. The van der Waals surface area contributed by atoms with Gasteiger partial charge in [-0.2, -0.15) is 0 Å². The van der Waals surface area contributed by atoms with E-state index in [9.17, 15) is 22.0 Å². The molecule has 1 fully saturated rings. The minimum Gasteiger partial charge on any atom is -0.369 e. The van der Waals surface area contributed by atoms with Gasteiger partial charge < -0.3 is 11.1 Å². The quantitative estimate of drug-likeness (QED) is 0.718. The van der Waals surface area contributed by atoms with Crippen molar-refractivity contribution >= 4 is 27.3 Å². The molecule has 3 N–H and O–H groups in total. The molecule has 0 radical (unpaired) electrons. The summed E-state index contributed by atoms with van der Waals surface area (Å²) in [5.74, 6) is -2.00. The van der Waals surface area contributed by atoms with E-state index in [0.717, 1.165) is 18.2 Å². The molecule has 156 valence electrons. The molecule has 29 heavy (non-hydrogen) atoms. The number of nitrogens with two attached hydrogens (primary N) is 1. The summed E-state index contributed by atoms with van der Waals surface area (Å²) in [6.07, 6.45) is 0.843. The Hall–Kier alpha value is -2.03. The molecular weight excluding hydrogens is 422 g/mol. The molecule has 0 aliphatic heterocycles. The predicted molar refractivity (Wildman–Crippen MR) is 106 cm³/mol. The summed E-state index contributed by atoms with van der Waals surface area (Å²) in [7, 11) is -4.07. The maximum atomic E-state index is 14.7. The molecule has 0 aromatic heterocycles. The molecule has 2 aromatic rings. The number of sulfone groups is 1. The van der Waals surface area contributed by atoms with Crippen LogP contribution in [0.25, 0.3) is 0 Å². The Bertz CT molecular complexity index is 1000. The molecule has 1 saturated carbocycles. The van der Waals surface area contributed by atoms with E-state index in [4.69, 9.17) is 17.3 Å². The summed E-state index contributed by atoms with van der Waals surface area (Å²) >= 11 is 5.87. The minimum atomic E-state index is -4.07. The number of carbonyl (C=O) groups excluding carboxylic acids is 1. The van der Waals surface area contributed by atoms with Crippen molar-refractivity contribution in [2.75, 3.05) is 6.54 Å². The van der Waals surface area contributed by atoms with Crippen molar-refractivity contribution in [3.63, 3.8) is 0 Å². The third kappa shape index (κ3) is 4.29. The van der Waals surface area contributed by atoms with Crippen LogP contribution in [-0.4, -0.2) is 26.9 Å². The second kappa shape index (κ2) is 8.38. The van der Waals surface area contributed by atoms with Crippen LogP contribution in [0.4, 0.5) is 8.78 Å². The smallest absolute Gasteiger partial charge is 0.231 e. The maximum Gasteiger partial charge on any atom is 0.231 e. The number of hydrogen-bond donors (Lipinski definition) is 2. The lowest BCUT2D eigenvalue weighted by molar-refractivity contribution is -0.117. The average Bonchev–Trinajstić information content (AvgIpc) is 2.69. The van der Waals surface area contributed by atoms with Crippen LogP contribution < -0.4 is 11.1 Å². The highest BCUT2D eigenvalue weighted by atomic mass is 35.5. The molecule has 0 spiro atoms. The lowest BCUT2D eigenvalue weighted by Gasteiger charge is -2.40. The maximum absolute atomic E-state index is 14.7. The molecule has 1 amide bonds. The second-order valence-corrected chi connectivity index (χ2v) is 9.89. The minimum absolute atomic E-state index is 0.00546. The Morgan fingerprint density at radius 1 is 1.14 bits per heavy atom. The first-order valence-corrected chi connectivity index (χ1v) is 11.0. The summed E-state index contributed by atoms with van der Waals surface area (Å²) in [6.45, 7) is -0.0318. The first-order valence-electron chi connectivity index (χ1n) is 9.13. The van der Waals surface area contributed by atoms with Gasteiger partial charge in [0.05, 0.1) is 11.4 Å². The van der Waals surface area contributed by atoms with Crippen LogP contribution in [0.3, 0.4) is 0 Å². The van der Waals surface area contributed by atoms with Crippen molar-refractivity contribution in [2.45, 2.75) is 41.4 Å². The molecule has 1 aliphatic carbocycles. The van der Waals surface area contributed by atoms with E-state index >= 15 is 0 Å². The third-order valence-electron chi connectivity index (χ3n) is 5.42. The van der Waals surface area contributed by atoms with Gasteiger partial charge >= 0.3 is 0 Å². The van der Waals surface area contributed by atoms with Crippen molar-refractivity contribution in [3.05, 3.63) is 64.7 Å². The fraction of sp³-hybridized carbons (Fsp3) is 0.350. The van der Waals surface area contributed by atoms with Crippen molar-refractivity contribution in [3.8, 4) is 0 Å². The predicted octanol–water partition coefficient (Wildman–Crippen LogP) is 3.30. The molecule has 3 rings (SSSR count). The number of halogens is 3. The van der Waals surface area contributed by atoms with Gasteiger partial charge in [0, 0.05) is 16.6 Å². The van der Waals surface area contributed by atoms with Gasteiger partial charge in [0.2, 0.25) is 5.91 Å². The normalized spacial score (nSPS) is 22.4. The van der Waals surface area contributed by atoms with Crippen LogP contribution in [0.5, 0.6) is 0 Å². The van der Waals surface area contributed by atoms with Gasteiger partial charge in [0.15, 0.2) is 9.84 Å². The number of hydrogen-bond acceptors (Lipinski definition) is 4. The van der Waals surface area contributed by atoms with Gasteiger partial charge in [-0.1, -0.05) is 11.6 Å². The molecule has 0 heterocycles. The topological polar surface area (TPSA) is 89.3 Å². The van der Waals surface area contributed by atoms with E-state index in [1.165, 1.54) is 24.3 Å². The van der Waals surface area contributed by atoms with Crippen molar-refractivity contribution in [2.24, 2.45) is 5.73 Å². The van der Waals surface area contributed by atoms with E-state index in [-0.39, 0.29) is 35.9 Å². The molecule has 5 nitrogen and oxygen atoms in total. The van der Waals surface area contributed by atoms with Crippen LogP contribution in [-0.2, 0) is 19.4 Å². The SMILES string of the molecule is NC(=O)CNC1CCC(c2cc(F)ccc2F)(S(=O)(=O)c2ccc(Cl)cc2)CC1. The van der Waals surface area contributed by atoms with Crippen molar-refractivity contribution < 1.29 is 22.0 Å². The molecule has 1 aliphatic rings. The molecule has 2 aromatic carbocycles. The van der Waals surface area contributed by atoms with Crippen LogP contribution >= 0.6 is 11.6 Å². The molecule has 0 bridgehead atoms. The summed E-state index contributed by atoms with van der Waals surface area (Å²) in [4.78, 5) is 11.0. The number of carbonyl (C=O) groups is 1. The third-order valence-corrected chi connectivity index (χ3v) is 8.22. The second-order valence-electron chi connectivity index (χ2n) is 7.20. The summed E-state index contributed by atoms with van der Waals surface area (Å²) in [6, 6.07) is 8.35. The fourth-order valence-corrected chi connectivity index (χ4v) is 6.19. The standard InChI is InChI=1S/C20H21ClF2N2O3S/c21-13-1-4-16(5-2-13)29(27,28)20(17-11-14(22)3-6-18(17)23)9-7-15(8-10-20)25-12-19(24)26/h1-6,11,15,25H,7-10,12H2,(H2,24,26). The molecule has 9 heteroatoms. The highest BCUT2D eigenvalue weighted by molar-refractivity contribution is 7.92. The lowest BCUT2D eigenvalue weighted by atomic mass is 9.80. The fourth-order valence-electron chi connectivity index (χ4n) is 3.90. The van der Waals surface area contributed by atoms with Crippen LogP contribution in [0.1, 0.15) is 31.2 Å². The van der Waals surface area contributed by atoms with Gasteiger partial charge in [-0.05, 0) is 68.1 Å². The van der Waals surface area contributed by atoms with Crippen LogP contribution in [0, 0.1) is 11.6 Å². The molecule has 0 saturated heterocycles. The Balaban J connectivity index is 2.05. The van der Waals surface area contributed by atoms with Gasteiger partial charge in [0.25, 0.3) is 0 Å². The van der Waals surface area contributed by atoms with E-state index in [2.05, 4.69) is 5.32 Å². The van der Waals surface area contributed by atoms with E-state index in [1.807, 2.05) is 0 Å².